The molecule has 0 N–H and O–H groups in total. The molecule has 0 atom stereocenters. The van der Waals surface area contributed by atoms with E-state index in [0.717, 1.165) is 17.2 Å². The molecular formula is C37H28BNO. The second kappa shape index (κ2) is 8.62. The van der Waals surface area contributed by atoms with Gasteiger partial charge >= 0.3 is 0 Å². The molecule has 5 aromatic rings. The van der Waals surface area contributed by atoms with Crippen LogP contribution in [-0.4, -0.2) is 6.71 Å². The van der Waals surface area contributed by atoms with Crippen LogP contribution in [0.5, 0.6) is 11.5 Å². The Kier molecular flexibility index (Phi) is 4.99. The Bertz CT molecular complexity index is 1840. The summed E-state index contributed by atoms with van der Waals surface area (Å²) in [6.45, 7) is 4.91. The van der Waals surface area contributed by atoms with E-state index in [0.29, 0.717) is 0 Å². The molecule has 3 heteroatoms. The quantitative estimate of drug-likeness (QED) is 0.227. The summed E-state index contributed by atoms with van der Waals surface area (Å²) in [5.74, 6) is 1.89. The Labute approximate surface area is 236 Å². The van der Waals surface area contributed by atoms with Crippen molar-refractivity contribution in [3.05, 3.63) is 156 Å². The molecule has 0 fully saturated rings. The van der Waals surface area contributed by atoms with Crippen LogP contribution in [0.25, 0.3) is 11.1 Å². The highest BCUT2D eigenvalue weighted by molar-refractivity contribution is 6.94. The lowest BCUT2D eigenvalue weighted by atomic mass is 9.30. The molecule has 0 spiro atoms. The van der Waals surface area contributed by atoms with Crippen LogP contribution in [0.3, 0.4) is 0 Å². The summed E-state index contributed by atoms with van der Waals surface area (Å²) in [6.07, 6.45) is 0. The van der Waals surface area contributed by atoms with Crippen LogP contribution in [0.1, 0.15) is 25.0 Å². The van der Waals surface area contributed by atoms with Gasteiger partial charge in [-0.3, -0.25) is 0 Å². The first-order valence-corrected chi connectivity index (χ1v) is 14.0. The molecule has 0 radical (unpaired) electrons. The van der Waals surface area contributed by atoms with Gasteiger partial charge in [-0.1, -0.05) is 122 Å². The third-order valence-corrected chi connectivity index (χ3v) is 8.71. The van der Waals surface area contributed by atoms with Crippen molar-refractivity contribution in [2.75, 3.05) is 4.90 Å². The zero-order valence-corrected chi connectivity index (χ0v) is 22.6. The molecule has 0 aromatic heterocycles. The van der Waals surface area contributed by atoms with Crippen molar-refractivity contribution in [3.63, 3.8) is 0 Å². The molecule has 40 heavy (non-hydrogen) atoms. The Morgan fingerprint density at radius 2 is 1.20 bits per heavy atom. The van der Waals surface area contributed by atoms with Crippen molar-refractivity contribution in [1.82, 2.24) is 0 Å². The lowest BCUT2D eigenvalue weighted by Crippen LogP contribution is -2.55. The smallest absolute Gasteiger partial charge is 0.252 e. The van der Waals surface area contributed by atoms with Gasteiger partial charge in [0, 0.05) is 28.1 Å². The molecule has 2 nitrogen and oxygen atoms in total. The zero-order valence-electron chi connectivity index (χ0n) is 22.6. The fraction of sp³-hybridized carbons (Fsp3) is 0.0811. The van der Waals surface area contributed by atoms with Gasteiger partial charge in [-0.2, -0.15) is 0 Å². The first-order valence-electron chi connectivity index (χ1n) is 14.0. The first kappa shape index (κ1) is 23.2. The number of fused-ring (bicyclic) bond motifs is 3. The number of anilines is 2. The summed E-state index contributed by atoms with van der Waals surface area (Å²) in [5, 5.41) is 0. The van der Waals surface area contributed by atoms with Crippen LogP contribution in [0.15, 0.2) is 145 Å². The highest BCUT2D eigenvalue weighted by atomic mass is 16.5. The van der Waals surface area contributed by atoms with Crippen LogP contribution in [-0.2, 0) is 0 Å². The van der Waals surface area contributed by atoms with E-state index in [1.165, 1.54) is 50.1 Å². The molecule has 3 aliphatic rings. The fourth-order valence-corrected chi connectivity index (χ4v) is 7.18. The summed E-state index contributed by atoms with van der Waals surface area (Å²) in [5.41, 5.74) is 12.4. The molecule has 1 aliphatic carbocycles. The maximum absolute atomic E-state index is 6.59. The minimum Gasteiger partial charge on any atom is -0.458 e. The minimum atomic E-state index is -0.255. The number of ether oxygens (including phenoxy) is 1. The predicted molar refractivity (Wildman–Crippen MR) is 167 cm³/mol. The standard InChI is InChI=1S/C37H28BNO/c1-37(2)33(26-17-8-4-9-18-26)32(25-15-6-3-7-16-25)35-36(37)38-28-21-12-13-23-30(28)40-31-24-14-22-29(34(31)38)39(35)27-19-10-5-11-20-27/h3-24H,1-2H3. The number of hydrogen-bond acceptors (Lipinski definition) is 2. The Balaban J connectivity index is 1.54. The van der Waals surface area contributed by atoms with Gasteiger partial charge in [-0.15, -0.1) is 0 Å². The molecule has 5 aromatic carbocycles. The molecule has 0 amide bonds. The number of nitrogens with zero attached hydrogens (tertiary/aromatic N) is 1. The van der Waals surface area contributed by atoms with Gasteiger partial charge in [0.15, 0.2) is 0 Å². The van der Waals surface area contributed by atoms with Crippen molar-refractivity contribution in [1.29, 1.82) is 0 Å². The minimum absolute atomic E-state index is 0.0843. The molecule has 0 unspecified atom stereocenters. The second-order valence-electron chi connectivity index (χ2n) is 11.3. The summed E-state index contributed by atoms with van der Waals surface area (Å²) < 4.78 is 6.59. The molecule has 0 bridgehead atoms. The molecule has 8 rings (SSSR count). The normalized spacial score (nSPS) is 16.4. The van der Waals surface area contributed by atoms with E-state index in [1.807, 2.05) is 0 Å². The SMILES string of the molecule is CC1(C)C2=C(C(c3ccccc3)=C1c1ccccc1)N(c1ccccc1)c1cccc3c1B2c1ccccc1O3. The van der Waals surface area contributed by atoms with Gasteiger partial charge in [-0.25, -0.2) is 0 Å². The van der Waals surface area contributed by atoms with Crippen LogP contribution in [0.2, 0.25) is 0 Å². The van der Waals surface area contributed by atoms with Crippen LogP contribution in [0.4, 0.5) is 11.4 Å². The number of para-hydroxylation sites is 2. The maximum Gasteiger partial charge on any atom is 0.252 e. The van der Waals surface area contributed by atoms with Gasteiger partial charge in [-0.05, 0) is 58.0 Å². The second-order valence-corrected chi connectivity index (χ2v) is 11.3. The molecule has 2 aliphatic heterocycles. The Morgan fingerprint density at radius 3 is 1.93 bits per heavy atom. The van der Waals surface area contributed by atoms with Crippen molar-refractivity contribution in [2.24, 2.45) is 5.41 Å². The number of allylic oxidation sites excluding steroid dienone is 3. The number of benzene rings is 5. The van der Waals surface area contributed by atoms with Crippen molar-refractivity contribution >= 4 is 40.2 Å². The van der Waals surface area contributed by atoms with Gasteiger partial charge in [0.1, 0.15) is 11.5 Å². The predicted octanol–water partition coefficient (Wildman–Crippen LogP) is 8.00. The molecule has 0 saturated heterocycles. The van der Waals surface area contributed by atoms with Crippen LogP contribution >= 0.6 is 0 Å². The summed E-state index contributed by atoms with van der Waals surface area (Å²) >= 11 is 0. The van der Waals surface area contributed by atoms with E-state index in [-0.39, 0.29) is 12.1 Å². The molecule has 2 heterocycles. The van der Waals surface area contributed by atoms with Gasteiger partial charge in [0.05, 0.1) is 0 Å². The van der Waals surface area contributed by atoms with Crippen molar-refractivity contribution in [2.45, 2.75) is 13.8 Å². The third kappa shape index (κ3) is 3.18. The number of rotatable bonds is 3. The Hall–Kier alpha value is -4.76. The average molecular weight is 513 g/mol. The van der Waals surface area contributed by atoms with Crippen LogP contribution in [0, 0.1) is 5.41 Å². The molecule has 190 valence electrons. The highest BCUT2D eigenvalue weighted by Crippen LogP contribution is 2.60. The topological polar surface area (TPSA) is 12.5 Å². The van der Waals surface area contributed by atoms with E-state index in [9.17, 15) is 0 Å². The van der Waals surface area contributed by atoms with E-state index < -0.39 is 0 Å². The van der Waals surface area contributed by atoms with Crippen molar-refractivity contribution in [3.8, 4) is 11.5 Å². The zero-order chi connectivity index (χ0) is 26.8. The fourth-order valence-electron chi connectivity index (χ4n) is 7.18. The third-order valence-electron chi connectivity index (χ3n) is 8.71. The monoisotopic (exact) mass is 513 g/mol. The molecule has 0 saturated carbocycles. The Morgan fingerprint density at radius 1 is 0.600 bits per heavy atom. The first-order chi connectivity index (χ1) is 19.6. The maximum atomic E-state index is 6.59. The number of hydrogen-bond donors (Lipinski definition) is 0. The lowest BCUT2D eigenvalue weighted by molar-refractivity contribution is 0.487. The lowest BCUT2D eigenvalue weighted by Gasteiger charge is -2.43. The van der Waals surface area contributed by atoms with E-state index in [2.05, 4.69) is 152 Å². The molecular weight excluding hydrogens is 485 g/mol. The summed E-state index contributed by atoms with van der Waals surface area (Å²) in [7, 11) is 0. The van der Waals surface area contributed by atoms with E-state index in [4.69, 9.17) is 4.74 Å². The van der Waals surface area contributed by atoms with Crippen LogP contribution < -0.4 is 20.6 Å². The summed E-state index contributed by atoms with van der Waals surface area (Å²) in [6, 6.07) is 47.8. The van der Waals surface area contributed by atoms with E-state index >= 15 is 0 Å². The van der Waals surface area contributed by atoms with E-state index in [1.54, 1.807) is 0 Å². The highest BCUT2D eigenvalue weighted by Gasteiger charge is 2.53. The summed E-state index contributed by atoms with van der Waals surface area (Å²) in [4.78, 5) is 2.49. The van der Waals surface area contributed by atoms with Crippen molar-refractivity contribution < 1.29 is 4.74 Å². The largest absolute Gasteiger partial charge is 0.458 e. The van der Waals surface area contributed by atoms with Gasteiger partial charge < -0.3 is 9.64 Å². The average Bonchev–Trinajstić information content (AvgIpc) is 3.25. The van der Waals surface area contributed by atoms with Gasteiger partial charge in [0.2, 0.25) is 0 Å². The van der Waals surface area contributed by atoms with Gasteiger partial charge in [0.25, 0.3) is 6.71 Å².